The number of benzene rings is 2. The van der Waals surface area contributed by atoms with Gasteiger partial charge < -0.3 is 18.6 Å². The number of aromatic nitrogens is 1. The highest BCUT2D eigenvalue weighted by atomic mass is 31.2. The van der Waals surface area contributed by atoms with Gasteiger partial charge in [-0.25, -0.2) is 18.7 Å². The maximum Gasteiger partial charge on any atom is 0.587 e. The molecular formula is C30H39FNO10P. The van der Waals surface area contributed by atoms with Crippen LogP contribution in [0.15, 0.2) is 47.4 Å². The van der Waals surface area contributed by atoms with Crippen LogP contribution in [0.4, 0.5) is 4.39 Å². The van der Waals surface area contributed by atoms with Crippen LogP contribution >= 0.6 is 7.82 Å². The zero-order valence-corrected chi connectivity index (χ0v) is 26.6. The zero-order chi connectivity index (χ0) is 32.0. The fourth-order valence-corrected chi connectivity index (χ4v) is 4.74. The summed E-state index contributed by atoms with van der Waals surface area (Å²) in [4.78, 5) is 36.7. The van der Waals surface area contributed by atoms with E-state index in [4.69, 9.17) is 33.1 Å². The van der Waals surface area contributed by atoms with Crippen molar-refractivity contribution in [3.63, 3.8) is 0 Å². The number of fused-ring (bicyclic) bond motifs is 1. The van der Waals surface area contributed by atoms with Gasteiger partial charge in [-0.15, -0.1) is 9.35 Å². The van der Waals surface area contributed by atoms with E-state index in [0.717, 1.165) is 0 Å². The third-order valence-corrected chi connectivity index (χ3v) is 6.47. The second-order valence-electron chi connectivity index (χ2n) is 11.6. The van der Waals surface area contributed by atoms with Gasteiger partial charge in [-0.05, 0) is 77.8 Å². The van der Waals surface area contributed by atoms with Gasteiger partial charge in [-0.3, -0.25) is 9.59 Å². The molecule has 0 aliphatic carbocycles. The number of halogens is 1. The normalized spacial score (nSPS) is 12.4. The fraction of sp³-hybridized carbons (Fsp3) is 0.467. The largest absolute Gasteiger partial charge is 0.587 e. The summed E-state index contributed by atoms with van der Waals surface area (Å²) in [5.74, 6) is -0.905. The van der Waals surface area contributed by atoms with Crippen LogP contribution in [0.5, 0.6) is 11.5 Å². The molecule has 0 spiro atoms. The van der Waals surface area contributed by atoms with E-state index >= 15 is 4.39 Å². The average molecular weight is 624 g/mol. The molecule has 236 valence electrons. The van der Waals surface area contributed by atoms with Crippen LogP contribution in [0.1, 0.15) is 61.3 Å². The standard InChI is InChI=1S/C30H39FNO10P/c1-9-18-37-24-15-14-23(31)26-27(24)32(19-22(28(26)34)20-10-12-21(36-8)13-11-20)17-16-25(33)38-43(35,41-39-29(2,3)4)42-40-30(5,6)7/h10-15,19H,9,16-18H2,1-8H3. The summed E-state index contributed by atoms with van der Waals surface area (Å²) in [6.07, 6.45) is 1.80. The fourth-order valence-electron chi connectivity index (χ4n) is 3.68. The quantitative estimate of drug-likeness (QED) is 0.110. The van der Waals surface area contributed by atoms with Crippen molar-refractivity contribution in [1.82, 2.24) is 4.57 Å². The summed E-state index contributed by atoms with van der Waals surface area (Å²) in [5, 5.41) is -0.204. The first-order valence-electron chi connectivity index (χ1n) is 13.8. The molecule has 43 heavy (non-hydrogen) atoms. The predicted molar refractivity (Wildman–Crippen MR) is 158 cm³/mol. The van der Waals surface area contributed by atoms with E-state index < -0.39 is 36.2 Å². The van der Waals surface area contributed by atoms with Gasteiger partial charge in [0.15, 0.2) is 5.43 Å². The molecule has 11 nitrogen and oxygen atoms in total. The number of carbonyl (C=O) groups excluding carboxylic acids is 1. The molecule has 0 saturated carbocycles. The van der Waals surface area contributed by atoms with E-state index in [0.29, 0.717) is 24.3 Å². The van der Waals surface area contributed by atoms with Crippen LogP contribution in [-0.4, -0.2) is 35.5 Å². The molecule has 0 atom stereocenters. The molecule has 0 unspecified atom stereocenters. The first-order valence-corrected chi connectivity index (χ1v) is 15.2. The molecule has 0 aliphatic heterocycles. The van der Waals surface area contributed by atoms with Crippen LogP contribution in [-0.2, 0) is 39.6 Å². The third kappa shape index (κ3) is 9.61. The molecule has 1 aromatic heterocycles. The van der Waals surface area contributed by atoms with Gasteiger partial charge in [-0.1, -0.05) is 19.1 Å². The Kier molecular flexibility index (Phi) is 11.1. The molecule has 0 fully saturated rings. The molecule has 0 bridgehead atoms. The number of nitrogens with zero attached hydrogens (tertiary/aromatic N) is 1. The highest BCUT2D eigenvalue weighted by Gasteiger charge is 2.38. The van der Waals surface area contributed by atoms with Crippen molar-refractivity contribution in [2.24, 2.45) is 0 Å². The van der Waals surface area contributed by atoms with Gasteiger partial charge in [0.05, 0.1) is 42.2 Å². The van der Waals surface area contributed by atoms with E-state index in [9.17, 15) is 14.2 Å². The van der Waals surface area contributed by atoms with Crippen molar-refractivity contribution in [3.05, 3.63) is 58.6 Å². The Morgan fingerprint density at radius 1 is 0.953 bits per heavy atom. The number of methoxy groups -OCH3 is 1. The Morgan fingerprint density at radius 3 is 2.09 bits per heavy atom. The molecule has 3 aromatic rings. The number of hydrogen-bond acceptors (Lipinski definition) is 10. The van der Waals surface area contributed by atoms with Gasteiger partial charge >= 0.3 is 13.8 Å². The van der Waals surface area contributed by atoms with E-state index in [1.165, 1.54) is 30.0 Å². The van der Waals surface area contributed by atoms with Crippen molar-refractivity contribution in [2.45, 2.75) is 79.1 Å². The maximum absolute atomic E-state index is 15.2. The first kappa shape index (κ1) is 34.2. The van der Waals surface area contributed by atoms with Crippen molar-refractivity contribution >= 4 is 24.7 Å². The van der Waals surface area contributed by atoms with Gasteiger partial charge in [0.25, 0.3) is 0 Å². The summed E-state index contributed by atoms with van der Waals surface area (Å²) >= 11 is 0. The van der Waals surface area contributed by atoms with E-state index in [1.807, 2.05) is 6.92 Å². The molecular weight excluding hydrogens is 584 g/mol. The van der Waals surface area contributed by atoms with Crippen LogP contribution in [0.3, 0.4) is 0 Å². The predicted octanol–water partition coefficient (Wildman–Crippen LogP) is 7.14. The SMILES string of the molecule is CCCOc1ccc(F)c2c(=O)c(-c3ccc(OC)cc3)cn(CCC(=O)OP(=O)(OOC(C)(C)C)OOC(C)(C)C)c12. The first-order chi connectivity index (χ1) is 20.1. The monoisotopic (exact) mass is 623 g/mol. The molecule has 0 saturated heterocycles. The Balaban J connectivity index is 2.01. The van der Waals surface area contributed by atoms with Crippen LogP contribution in [0, 0.1) is 5.82 Å². The van der Waals surface area contributed by atoms with Crippen molar-refractivity contribution in [2.75, 3.05) is 13.7 Å². The van der Waals surface area contributed by atoms with Crippen LogP contribution < -0.4 is 14.9 Å². The second kappa shape index (κ2) is 14.0. The zero-order valence-electron chi connectivity index (χ0n) is 25.7. The summed E-state index contributed by atoms with van der Waals surface area (Å²) in [5.41, 5.74) is -1.54. The number of phosphoric acid groups is 1. The molecule has 0 aliphatic rings. The Bertz CT molecular complexity index is 1500. The van der Waals surface area contributed by atoms with Gasteiger partial charge in [0.2, 0.25) is 0 Å². The summed E-state index contributed by atoms with van der Waals surface area (Å²) in [6, 6.07) is 9.29. The van der Waals surface area contributed by atoms with E-state index in [1.54, 1.807) is 65.8 Å². The number of rotatable bonds is 13. The minimum atomic E-state index is -4.69. The lowest BCUT2D eigenvalue weighted by molar-refractivity contribution is -0.336. The Morgan fingerprint density at radius 2 is 1.56 bits per heavy atom. The highest BCUT2D eigenvalue weighted by molar-refractivity contribution is 7.48. The van der Waals surface area contributed by atoms with Crippen molar-refractivity contribution in [3.8, 4) is 22.6 Å². The lowest BCUT2D eigenvalue weighted by Crippen LogP contribution is -2.23. The Hall–Kier alpha value is -3.28. The number of hydrogen-bond donors (Lipinski definition) is 0. The van der Waals surface area contributed by atoms with Gasteiger partial charge in [0, 0.05) is 18.3 Å². The number of pyridine rings is 1. The number of aryl methyl sites for hydroxylation is 1. The lowest BCUT2D eigenvalue weighted by Gasteiger charge is -2.24. The minimum Gasteiger partial charge on any atom is -0.497 e. The lowest BCUT2D eigenvalue weighted by atomic mass is 10.0. The average Bonchev–Trinajstić information content (AvgIpc) is 2.93. The summed E-state index contributed by atoms with van der Waals surface area (Å²) in [7, 11) is -3.18. The van der Waals surface area contributed by atoms with Crippen molar-refractivity contribution < 1.29 is 46.9 Å². The highest BCUT2D eigenvalue weighted by Crippen LogP contribution is 2.52. The molecule has 0 radical (unpaired) electrons. The summed E-state index contributed by atoms with van der Waals surface area (Å²) in [6.45, 7) is 11.9. The molecule has 0 amide bonds. The van der Waals surface area contributed by atoms with Crippen LogP contribution in [0.2, 0.25) is 0 Å². The van der Waals surface area contributed by atoms with Crippen LogP contribution in [0.25, 0.3) is 22.0 Å². The minimum absolute atomic E-state index is 0.120. The van der Waals surface area contributed by atoms with E-state index in [-0.39, 0.29) is 35.2 Å². The van der Waals surface area contributed by atoms with Gasteiger partial charge in [-0.2, -0.15) is 0 Å². The number of ether oxygens (including phenoxy) is 2. The van der Waals surface area contributed by atoms with Gasteiger partial charge in [0.1, 0.15) is 17.3 Å². The topological polar surface area (TPSA) is 121 Å². The smallest absolute Gasteiger partial charge is 0.497 e. The molecule has 0 N–H and O–H groups in total. The maximum atomic E-state index is 15.2. The third-order valence-electron chi connectivity index (χ3n) is 5.52. The second-order valence-corrected chi connectivity index (χ2v) is 13.0. The summed E-state index contributed by atoms with van der Waals surface area (Å²) < 4.78 is 55.9. The Labute approximate surface area is 250 Å². The van der Waals surface area contributed by atoms with Crippen molar-refractivity contribution in [1.29, 1.82) is 0 Å². The number of carbonyl (C=O) groups is 1. The molecule has 1 heterocycles. The van der Waals surface area contributed by atoms with E-state index in [2.05, 4.69) is 0 Å². The molecule has 13 heteroatoms. The molecule has 2 aromatic carbocycles. The molecule has 3 rings (SSSR count).